The van der Waals surface area contributed by atoms with E-state index < -0.39 is 0 Å². The van der Waals surface area contributed by atoms with Crippen molar-refractivity contribution in [3.05, 3.63) is 66.2 Å². The molecule has 1 saturated heterocycles. The van der Waals surface area contributed by atoms with Gasteiger partial charge < -0.3 is 4.57 Å². The number of nitrogens with zero attached hydrogens (tertiary/aromatic N) is 4. The molecule has 25 heavy (non-hydrogen) atoms. The minimum Gasteiger partial charge on any atom is -0.334 e. The van der Waals surface area contributed by atoms with Crippen molar-refractivity contribution >= 4 is 10.8 Å². The van der Waals surface area contributed by atoms with Crippen molar-refractivity contribution in [3.63, 3.8) is 0 Å². The predicted octanol–water partition coefficient (Wildman–Crippen LogP) is 3.16. The molecule has 0 amide bonds. The summed E-state index contributed by atoms with van der Waals surface area (Å²) in [7, 11) is 0. The Hall–Kier alpha value is -2.17. The number of hydrogen-bond acceptors (Lipinski definition) is 3. The maximum Gasteiger partial charge on any atom is 0.105 e. The third kappa shape index (κ3) is 3.75. The van der Waals surface area contributed by atoms with Crippen molar-refractivity contribution < 1.29 is 0 Å². The van der Waals surface area contributed by atoms with Crippen LogP contribution >= 0.6 is 0 Å². The fourth-order valence-electron chi connectivity index (χ4n) is 3.73. The highest BCUT2D eigenvalue weighted by atomic mass is 15.3. The first-order valence-corrected chi connectivity index (χ1v) is 9.19. The number of hydrogen-bond donors (Lipinski definition) is 0. The minimum absolute atomic E-state index is 1.04. The Morgan fingerprint density at radius 2 is 1.64 bits per heavy atom. The van der Waals surface area contributed by atoms with Gasteiger partial charge >= 0.3 is 0 Å². The highest BCUT2D eigenvalue weighted by Gasteiger charge is 2.17. The number of aromatic nitrogens is 2. The van der Waals surface area contributed by atoms with E-state index in [9.17, 15) is 0 Å². The Kier molecular flexibility index (Phi) is 4.81. The number of imidazole rings is 1. The summed E-state index contributed by atoms with van der Waals surface area (Å²) in [6.07, 6.45) is 3.96. The lowest BCUT2D eigenvalue weighted by Gasteiger charge is -2.35. The van der Waals surface area contributed by atoms with Crippen LogP contribution in [0.4, 0.5) is 0 Å². The van der Waals surface area contributed by atoms with Gasteiger partial charge in [-0.15, -0.1) is 0 Å². The Bertz CT molecular complexity index is 825. The van der Waals surface area contributed by atoms with Gasteiger partial charge in [0.25, 0.3) is 0 Å². The quantitative estimate of drug-likeness (QED) is 0.716. The average Bonchev–Trinajstić information content (AvgIpc) is 3.06. The largest absolute Gasteiger partial charge is 0.334 e. The van der Waals surface area contributed by atoms with Crippen molar-refractivity contribution in [3.8, 4) is 0 Å². The second-order valence-electron chi connectivity index (χ2n) is 6.92. The number of piperazine rings is 1. The molecule has 1 fully saturated rings. The van der Waals surface area contributed by atoms with Gasteiger partial charge in [0.05, 0.1) is 0 Å². The molecule has 4 heteroatoms. The zero-order chi connectivity index (χ0) is 17.1. The molecule has 130 valence electrons. The number of aryl methyl sites for hydroxylation is 1. The molecular formula is C21H26N4. The molecule has 0 radical (unpaired) electrons. The topological polar surface area (TPSA) is 24.3 Å². The molecule has 0 atom stereocenters. The van der Waals surface area contributed by atoms with Gasteiger partial charge in [-0.2, -0.15) is 0 Å². The van der Waals surface area contributed by atoms with Crippen molar-refractivity contribution in [2.45, 2.75) is 20.0 Å². The van der Waals surface area contributed by atoms with Crippen molar-refractivity contribution in [2.75, 3.05) is 32.7 Å². The Morgan fingerprint density at radius 3 is 2.44 bits per heavy atom. The van der Waals surface area contributed by atoms with Crippen LogP contribution in [0.3, 0.4) is 0 Å². The van der Waals surface area contributed by atoms with Crippen molar-refractivity contribution in [2.24, 2.45) is 0 Å². The zero-order valence-electron chi connectivity index (χ0n) is 14.9. The van der Waals surface area contributed by atoms with E-state index in [1.807, 2.05) is 6.20 Å². The first kappa shape index (κ1) is 16.3. The maximum absolute atomic E-state index is 4.30. The average molecular weight is 334 g/mol. The summed E-state index contributed by atoms with van der Waals surface area (Å²) in [5.74, 6) is 1.11. The second kappa shape index (κ2) is 7.38. The number of rotatable bonds is 5. The van der Waals surface area contributed by atoms with E-state index >= 15 is 0 Å². The molecule has 0 unspecified atom stereocenters. The van der Waals surface area contributed by atoms with Crippen LogP contribution in [0.5, 0.6) is 0 Å². The summed E-state index contributed by atoms with van der Waals surface area (Å²) in [5, 5.41) is 2.73. The van der Waals surface area contributed by atoms with E-state index in [1.165, 1.54) is 16.3 Å². The molecule has 1 aliphatic heterocycles. The smallest absolute Gasteiger partial charge is 0.105 e. The monoisotopic (exact) mass is 334 g/mol. The van der Waals surface area contributed by atoms with Crippen LogP contribution < -0.4 is 0 Å². The van der Waals surface area contributed by atoms with Crippen LogP contribution in [0.15, 0.2) is 54.9 Å². The third-order valence-corrected chi connectivity index (χ3v) is 5.32. The normalized spacial score (nSPS) is 16.5. The van der Waals surface area contributed by atoms with Crippen molar-refractivity contribution in [1.29, 1.82) is 0 Å². The summed E-state index contributed by atoms with van der Waals surface area (Å²) in [6, 6.07) is 15.4. The van der Waals surface area contributed by atoms with Crippen LogP contribution in [0, 0.1) is 6.92 Å². The summed E-state index contributed by atoms with van der Waals surface area (Å²) in [6.45, 7) is 9.86. The highest BCUT2D eigenvalue weighted by molar-refractivity contribution is 5.85. The Labute approximate surface area is 149 Å². The molecular weight excluding hydrogens is 308 g/mol. The highest BCUT2D eigenvalue weighted by Crippen LogP contribution is 2.20. The molecule has 2 heterocycles. The zero-order valence-corrected chi connectivity index (χ0v) is 14.9. The minimum atomic E-state index is 1.04. The first-order valence-electron chi connectivity index (χ1n) is 9.19. The van der Waals surface area contributed by atoms with E-state index in [2.05, 4.69) is 74.9 Å². The summed E-state index contributed by atoms with van der Waals surface area (Å²) >= 11 is 0. The lowest BCUT2D eigenvalue weighted by molar-refractivity contribution is 0.124. The van der Waals surface area contributed by atoms with Gasteiger partial charge in [0.15, 0.2) is 0 Å². The van der Waals surface area contributed by atoms with Crippen LogP contribution in [0.25, 0.3) is 10.8 Å². The van der Waals surface area contributed by atoms with Gasteiger partial charge in [-0.25, -0.2) is 4.98 Å². The molecule has 0 bridgehead atoms. The number of benzene rings is 2. The molecule has 1 aromatic heterocycles. The molecule has 2 aromatic carbocycles. The van der Waals surface area contributed by atoms with E-state index in [4.69, 9.17) is 0 Å². The molecule has 1 aliphatic rings. The van der Waals surface area contributed by atoms with Gasteiger partial charge in [-0.05, 0) is 23.3 Å². The molecule has 4 rings (SSSR count). The molecule has 0 saturated carbocycles. The van der Waals surface area contributed by atoms with Crippen LogP contribution in [0.2, 0.25) is 0 Å². The van der Waals surface area contributed by atoms with Gasteiger partial charge in [0.1, 0.15) is 5.82 Å². The van der Waals surface area contributed by atoms with Crippen LogP contribution in [-0.4, -0.2) is 52.1 Å². The van der Waals surface area contributed by atoms with Gasteiger partial charge in [0.2, 0.25) is 0 Å². The Morgan fingerprint density at radius 1 is 0.880 bits per heavy atom. The fourth-order valence-corrected chi connectivity index (χ4v) is 3.73. The molecule has 0 N–H and O–H groups in total. The maximum atomic E-state index is 4.30. The molecule has 0 spiro atoms. The molecule has 0 aliphatic carbocycles. The van der Waals surface area contributed by atoms with Gasteiger partial charge in [0, 0.05) is 58.2 Å². The third-order valence-electron chi connectivity index (χ3n) is 5.32. The van der Waals surface area contributed by atoms with E-state index in [0.717, 1.165) is 51.6 Å². The summed E-state index contributed by atoms with van der Waals surface area (Å²) in [4.78, 5) is 9.45. The predicted molar refractivity (Wildman–Crippen MR) is 103 cm³/mol. The SMILES string of the molecule is Cc1nccn1CCN1CCN(Cc2cccc3ccccc23)CC1. The molecule has 3 aromatic rings. The standard InChI is InChI=1S/C21H26N4/c1-18-22-9-10-25(18)16-15-23-11-13-24(14-12-23)17-20-7-4-6-19-5-2-3-8-21(19)20/h2-10H,11-17H2,1H3. The Balaban J connectivity index is 1.32. The van der Waals surface area contributed by atoms with Gasteiger partial charge in [-0.3, -0.25) is 9.80 Å². The fraction of sp³-hybridized carbons (Fsp3) is 0.381. The van der Waals surface area contributed by atoms with Gasteiger partial charge in [-0.1, -0.05) is 42.5 Å². The lowest BCUT2D eigenvalue weighted by atomic mass is 10.0. The second-order valence-corrected chi connectivity index (χ2v) is 6.92. The summed E-state index contributed by atoms with van der Waals surface area (Å²) < 4.78 is 2.24. The summed E-state index contributed by atoms with van der Waals surface area (Å²) in [5.41, 5.74) is 1.44. The van der Waals surface area contributed by atoms with Crippen LogP contribution in [-0.2, 0) is 13.1 Å². The van der Waals surface area contributed by atoms with Crippen LogP contribution in [0.1, 0.15) is 11.4 Å². The van der Waals surface area contributed by atoms with Crippen molar-refractivity contribution in [1.82, 2.24) is 19.4 Å². The number of fused-ring (bicyclic) bond motifs is 1. The first-order chi connectivity index (χ1) is 12.3. The van der Waals surface area contributed by atoms with E-state index in [0.29, 0.717) is 0 Å². The molecule has 4 nitrogen and oxygen atoms in total. The lowest BCUT2D eigenvalue weighted by Crippen LogP contribution is -2.46. The van der Waals surface area contributed by atoms with E-state index in [1.54, 1.807) is 0 Å². The van der Waals surface area contributed by atoms with E-state index in [-0.39, 0.29) is 0 Å².